The molecule has 6 nitrogen and oxygen atoms in total. The van der Waals surface area contributed by atoms with Crippen molar-refractivity contribution in [3.05, 3.63) is 0 Å². The third-order valence-corrected chi connectivity index (χ3v) is 3.16. The largest absolute Gasteiger partial charge is 0.372 e. The molecule has 0 aromatic rings. The summed E-state index contributed by atoms with van der Waals surface area (Å²) in [5.74, 6) is -0.0168. The number of ether oxygens (including phenoxy) is 2. The molecule has 1 heterocycles. The van der Waals surface area contributed by atoms with E-state index in [9.17, 15) is 9.59 Å². The summed E-state index contributed by atoms with van der Waals surface area (Å²) in [6, 6.07) is 0.0206. The Labute approximate surface area is 114 Å². The fourth-order valence-corrected chi connectivity index (χ4v) is 2.11. The summed E-state index contributed by atoms with van der Waals surface area (Å²) in [6.45, 7) is 8.67. The second-order valence-corrected chi connectivity index (χ2v) is 4.55. The molecule has 0 aliphatic carbocycles. The Balaban J connectivity index is 2.42. The highest BCUT2D eigenvalue weighted by molar-refractivity contribution is 5.80. The van der Waals surface area contributed by atoms with Gasteiger partial charge in [-0.25, -0.2) is 0 Å². The van der Waals surface area contributed by atoms with Crippen molar-refractivity contribution in [3.8, 4) is 0 Å². The van der Waals surface area contributed by atoms with Gasteiger partial charge >= 0.3 is 0 Å². The number of rotatable bonds is 6. The molecule has 1 aliphatic rings. The minimum atomic E-state index is -0.00870. The second kappa shape index (κ2) is 8.12. The molecule has 0 saturated carbocycles. The lowest BCUT2D eigenvalue weighted by atomic mass is 10.2. The zero-order valence-electron chi connectivity index (χ0n) is 12.1. The number of piperazine rings is 1. The van der Waals surface area contributed by atoms with Gasteiger partial charge in [-0.3, -0.25) is 9.59 Å². The van der Waals surface area contributed by atoms with Crippen LogP contribution in [0.1, 0.15) is 20.8 Å². The van der Waals surface area contributed by atoms with E-state index >= 15 is 0 Å². The van der Waals surface area contributed by atoms with Gasteiger partial charge in [0.25, 0.3) is 0 Å². The zero-order valence-corrected chi connectivity index (χ0v) is 12.1. The van der Waals surface area contributed by atoms with Crippen molar-refractivity contribution in [2.45, 2.75) is 26.8 Å². The molecular weight excluding hydrogens is 248 g/mol. The van der Waals surface area contributed by atoms with Gasteiger partial charge in [-0.15, -0.1) is 0 Å². The quantitative estimate of drug-likeness (QED) is 0.689. The lowest BCUT2D eigenvalue weighted by molar-refractivity contribution is -0.147. The van der Waals surface area contributed by atoms with E-state index in [1.807, 2.05) is 20.8 Å². The van der Waals surface area contributed by atoms with Gasteiger partial charge in [-0.1, -0.05) is 0 Å². The Kier molecular flexibility index (Phi) is 6.80. The van der Waals surface area contributed by atoms with Crippen LogP contribution in [0.3, 0.4) is 0 Å². The van der Waals surface area contributed by atoms with Crippen molar-refractivity contribution in [1.82, 2.24) is 9.80 Å². The molecule has 0 unspecified atom stereocenters. The fraction of sp³-hybridized carbons (Fsp3) is 0.846. The first-order valence-corrected chi connectivity index (χ1v) is 6.82. The van der Waals surface area contributed by atoms with Crippen LogP contribution in [0, 0.1) is 0 Å². The highest BCUT2D eigenvalue weighted by Crippen LogP contribution is 2.10. The van der Waals surface area contributed by atoms with Crippen LogP contribution in [0.5, 0.6) is 0 Å². The second-order valence-electron chi connectivity index (χ2n) is 4.55. The standard InChI is InChI=1S/C13H24N2O4/c1-4-18-9-12(16)14-6-7-15(11(3)8-14)13(17)10-19-5-2/h11H,4-10H2,1-3H3/t11-/m0/s1. The van der Waals surface area contributed by atoms with E-state index in [-0.39, 0.29) is 31.1 Å². The number of nitrogens with zero attached hydrogens (tertiary/aromatic N) is 2. The Hall–Kier alpha value is -1.14. The molecule has 2 amide bonds. The number of carbonyl (C=O) groups excluding carboxylic acids is 2. The first kappa shape index (κ1) is 15.9. The number of hydrogen-bond donors (Lipinski definition) is 0. The van der Waals surface area contributed by atoms with Crippen LogP contribution in [0.15, 0.2) is 0 Å². The van der Waals surface area contributed by atoms with Crippen LogP contribution in [0.4, 0.5) is 0 Å². The molecule has 110 valence electrons. The smallest absolute Gasteiger partial charge is 0.248 e. The summed E-state index contributed by atoms with van der Waals surface area (Å²) in [5.41, 5.74) is 0. The molecule has 1 aliphatic heterocycles. The lowest BCUT2D eigenvalue weighted by Gasteiger charge is -2.39. The van der Waals surface area contributed by atoms with Gasteiger partial charge in [0.1, 0.15) is 13.2 Å². The predicted molar refractivity (Wildman–Crippen MR) is 70.7 cm³/mol. The average molecular weight is 272 g/mol. The molecule has 19 heavy (non-hydrogen) atoms. The van der Waals surface area contributed by atoms with Crippen LogP contribution in [0.2, 0.25) is 0 Å². The van der Waals surface area contributed by atoms with Crippen molar-refractivity contribution >= 4 is 11.8 Å². The predicted octanol–water partition coefficient (Wildman–Crippen LogP) is 0.119. The monoisotopic (exact) mass is 272 g/mol. The first-order chi connectivity index (χ1) is 9.10. The van der Waals surface area contributed by atoms with Crippen LogP contribution >= 0.6 is 0 Å². The minimum absolute atomic E-state index is 0.00810. The van der Waals surface area contributed by atoms with Gasteiger partial charge in [-0.05, 0) is 20.8 Å². The van der Waals surface area contributed by atoms with E-state index in [1.54, 1.807) is 9.80 Å². The van der Waals surface area contributed by atoms with E-state index in [1.165, 1.54) is 0 Å². The maximum absolute atomic E-state index is 11.9. The van der Waals surface area contributed by atoms with Gasteiger partial charge < -0.3 is 19.3 Å². The molecule has 0 spiro atoms. The molecule has 0 N–H and O–H groups in total. The maximum Gasteiger partial charge on any atom is 0.248 e. The molecule has 1 saturated heterocycles. The van der Waals surface area contributed by atoms with Crippen LogP contribution in [0.25, 0.3) is 0 Å². The Morgan fingerprint density at radius 3 is 2.16 bits per heavy atom. The molecule has 1 rings (SSSR count). The van der Waals surface area contributed by atoms with Crippen LogP contribution in [-0.2, 0) is 19.1 Å². The average Bonchev–Trinajstić information content (AvgIpc) is 2.41. The summed E-state index contributed by atoms with van der Waals surface area (Å²) >= 11 is 0. The van der Waals surface area contributed by atoms with Crippen LogP contribution in [-0.4, -0.2) is 73.7 Å². The summed E-state index contributed by atoms with van der Waals surface area (Å²) in [4.78, 5) is 27.2. The SMILES string of the molecule is CCOCC(=O)N1CCN(C(=O)COCC)[C@@H](C)C1. The molecule has 0 aromatic heterocycles. The molecule has 1 atom stereocenters. The molecule has 1 fully saturated rings. The number of amides is 2. The molecule has 6 heteroatoms. The third kappa shape index (κ3) is 4.80. The van der Waals surface area contributed by atoms with E-state index in [0.29, 0.717) is 32.8 Å². The normalized spacial score (nSPS) is 19.6. The van der Waals surface area contributed by atoms with Gasteiger partial charge in [0, 0.05) is 38.9 Å². The van der Waals surface area contributed by atoms with E-state index in [4.69, 9.17) is 9.47 Å². The molecule has 0 bridgehead atoms. The molecular formula is C13H24N2O4. The van der Waals surface area contributed by atoms with E-state index in [2.05, 4.69) is 0 Å². The summed E-state index contributed by atoms with van der Waals surface area (Å²) in [7, 11) is 0. The van der Waals surface area contributed by atoms with E-state index in [0.717, 1.165) is 0 Å². The summed E-state index contributed by atoms with van der Waals surface area (Å²) < 4.78 is 10.3. The zero-order chi connectivity index (χ0) is 14.3. The summed E-state index contributed by atoms with van der Waals surface area (Å²) in [6.07, 6.45) is 0. The van der Waals surface area contributed by atoms with Crippen molar-refractivity contribution in [2.75, 3.05) is 46.1 Å². The highest BCUT2D eigenvalue weighted by atomic mass is 16.5. The fourth-order valence-electron chi connectivity index (χ4n) is 2.11. The highest BCUT2D eigenvalue weighted by Gasteiger charge is 2.29. The first-order valence-electron chi connectivity index (χ1n) is 6.82. The Bertz CT molecular complexity index is 309. The summed E-state index contributed by atoms with van der Waals surface area (Å²) in [5, 5.41) is 0. The minimum Gasteiger partial charge on any atom is -0.372 e. The molecule has 0 aromatic carbocycles. The molecule has 0 radical (unpaired) electrons. The van der Waals surface area contributed by atoms with Crippen molar-refractivity contribution in [1.29, 1.82) is 0 Å². The van der Waals surface area contributed by atoms with Crippen molar-refractivity contribution < 1.29 is 19.1 Å². The van der Waals surface area contributed by atoms with Crippen molar-refractivity contribution in [2.24, 2.45) is 0 Å². The Morgan fingerprint density at radius 1 is 1.05 bits per heavy atom. The lowest BCUT2D eigenvalue weighted by Crippen LogP contribution is -2.56. The van der Waals surface area contributed by atoms with Gasteiger partial charge in [0.05, 0.1) is 0 Å². The van der Waals surface area contributed by atoms with E-state index < -0.39 is 0 Å². The third-order valence-electron chi connectivity index (χ3n) is 3.16. The van der Waals surface area contributed by atoms with Gasteiger partial charge in [0.2, 0.25) is 11.8 Å². The van der Waals surface area contributed by atoms with Crippen molar-refractivity contribution in [3.63, 3.8) is 0 Å². The Morgan fingerprint density at radius 2 is 1.63 bits per heavy atom. The van der Waals surface area contributed by atoms with Crippen LogP contribution < -0.4 is 0 Å². The number of hydrogen-bond acceptors (Lipinski definition) is 4. The van der Waals surface area contributed by atoms with Gasteiger partial charge in [-0.2, -0.15) is 0 Å². The van der Waals surface area contributed by atoms with Gasteiger partial charge in [0.15, 0.2) is 0 Å². The topological polar surface area (TPSA) is 59.1 Å². The maximum atomic E-state index is 11.9. The number of carbonyl (C=O) groups is 2.